The maximum atomic E-state index is 12.9. The molecule has 8 heteroatoms. The highest BCUT2D eigenvalue weighted by molar-refractivity contribution is 6.30. The molecule has 1 saturated heterocycles. The fourth-order valence-electron chi connectivity index (χ4n) is 3.49. The van der Waals surface area contributed by atoms with Gasteiger partial charge in [-0.2, -0.15) is 5.10 Å². The number of rotatable bonds is 6. The number of carbonyl (C=O) groups excluding carboxylic acids is 1. The molecule has 1 fully saturated rings. The molecule has 0 spiro atoms. The summed E-state index contributed by atoms with van der Waals surface area (Å²) in [5.74, 6) is 0.545. The average Bonchev–Trinajstić information content (AvgIpc) is 2.81. The zero-order valence-corrected chi connectivity index (χ0v) is 17.7. The molecule has 1 amide bonds. The summed E-state index contributed by atoms with van der Waals surface area (Å²) in [4.78, 5) is 29.0. The summed E-state index contributed by atoms with van der Waals surface area (Å²) in [5.41, 5.74) is 1.04. The third kappa shape index (κ3) is 5.24. The van der Waals surface area contributed by atoms with Gasteiger partial charge in [-0.1, -0.05) is 35.9 Å². The summed E-state index contributed by atoms with van der Waals surface area (Å²) in [6.07, 6.45) is 0. The molecule has 0 radical (unpaired) electrons. The van der Waals surface area contributed by atoms with Crippen LogP contribution in [0.5, 0.6) is 5.75 Å². The highest BCUT2D eigenvalue weighted by Crippen LogP contribution is 2.21. The van der Waals surface area contributed by atoms with E-state index in [-0.39, 0.29) is 30.3 Å². The lowest BCUT2D eigenvalue weighted by molar-refractivity contribution is 0.0737. The monoisotopic (exact) mass is 438 g/mol. The molecule has 3 aromatic rings. The maximum Gasteiger partial charge on any atom is 0.274 e. The number of anilines is 1. The van der Waals surface area contributed by atoms with Crippen molar-refractivity contribution >= 4 is 23.2 Å². The summed E-state index contributed by atoms with van der Waals surface area (Å²) in [6, 6.07) is 19.9. The molecule has 1 aromatic heterocycles. The summed E-state index contributed by atoms with van der Waals surface area (Å²) in [7, 11) is 0. The van der Waals surface area contributed by atoms with Crippen LogP contribution in [-0.4, -0.2) is 53.4 Å². The van der Waals surface area contributed by atoms with Crippen molar-refractivity contribution in [2.45, 2.75) is 6.54 Å². The van der Waals surface area contributed by atoms with E-state index in [0.29, 0.717) is 31.2 Å². The van der Waals surface area contributed by atoms with Gasteiger partial charge in [0.2, 0.25) is 0 Å². The standard InChI is InChI=1S/C23H23ClN4O3/c24-18-5-4-6-19(17-18)26-11-13-27(14-12-26)23(30)21-9-10-22(29)28(25-21)15-16-31-20-7-2-1-3-8-20/h1-10,17H,11-16H2. The van der Waals surface area contributed by atoms with Gasteiger partial charge in [-0.25, -0.2) is 4.68 Å². The molecule has 2 heterocycles. The Morgan fingerprint density at radius 3 is 2.48 bits per heavy atom. The van der Waals surface area contributed by atoms with Gasteiger partial charge in [-0.05, 0) is 36.4 Å². The molecular weight excluding hydrogens is 416 g/mol. The number of aromatic nitrogens is 2. The topological polar surface area (TPSA) is 67.7 Å². The van der Waals surface area contributed by atoms with Gasteiger partial charge >= 0.3 is 0 Å². The Morgan fingerprint density at radius 1 is 0.968 bits per heavy atom. The highest BCUT2D eigenvalue weighted by atomic mass is 35.5. The fraction of sp³-hybridized carbons (Fsp3) is 0.261. The first-order chi connectivity index (χ1) is 15.1. The van der Waals surface area contributed by atoms with Crippen molar-refractivity contribution < 1.29 is 9.53 Å². The first-order valence-electron chi connectivity index (χ1n) is 10.2. The van der Waals surface area contributed by atoms with E-state index in [2.05, 4.69) is 10.00 Å². The van der Waals surface area contributed by atoms with Crippen LogP contribution in [0.2, 0.25) is 5.02 Å². The zero-order chi connectivity index (χ0) is 21.6. The summed E-state index contributed by atoms with van der Waals surface area (Å²) < 4.78 is 6.91. The van der Waals surface area contributed by atoms with E-state index < -0.39 is 0 Å². The lowest BCUT2D eigenvalue weighted by Crippen LogP contribution is -2.49. The number of amides is 1. The number of ether oxygens (including phenoxy) is 1. The largest absolute Gasteiger partial charge is 0.492 e. The molecule has 31 heavy (non-hydrogen) atoms. The van der Waals surface area contributed by atoms with Crippen molar-refractivity contribution in [1.82, 2.24) is 14.7 Å². The first-order valence-corrected chi connectivity index (χ1v) is 10.5. The van der Waals surface area contributed by atoms with Crippen LogP contribution in [0.1, 0.15) is 10.5 Å². The predicted molar refractivity (Wildman–Crippen MR) is 120 cm³/mol. The Balaban J connectivity index is 1.36. The smallest absolute Gasteiger partial charge is 0.274 e. The summed E-state index contributed by atoms with van der Waals surface area (Å²) >= 11 is 6.09. The van der Waals surface area contributed by atoms with Crippen LogP contribution in [0.4, 0.5) is 5.69 Å². The number of para-hydroxylation sites is 1. The third-order valence-electron chi connectivity index (χ3n) is 5.14. The summed E-state index contributed by atoms with van der Waals surface area (Å²) in [5, 5.41) is 4.96. The Kier molecular flexibility index (Phi) is 6.52. The second-order valence-electron chi connectivity index (χ2n) is 7.20. The average molecular weight is 439 g/mol. The van der Waals surface area contributed by atoms with Gasteiger partial charge in [-0.15, -0.1) is 0 Å². The van der Waals surface area contributed by atoms with Crippen LogP contribution in [0.25, 0.3) is 0 Å². The Bertz CT molecular complexity index is 1100. The van der Waals surface area contributed by atoms with Gasteiger partial charge in [0.25, 0.3) is 11.5 Å². The molecule has 0 saturated carbocycles. The Hall–Kier alpha value is -3.32. The van der Waals surface area contributed by atoms with E-state index in [9.17, 15) is 9.59 Å². The molecular formula is C23H23ClN4O3. The van der Waals surface area contributed by atoms with Gasteiger partial charge in [0.15, 0.2) is 0 Å². The van der Waals surface area contributed by atoms with Crippen molar-refractivity contribution in [2.24, 2.45) is 0 Å². The number of benzene rings is 2. The van der Waals surface area contributed by atoms with Gasteiger partial charge in [0, 0.05) is 43.0 Å². The van der Waals surface area contributed by atoms with Gasteiger partial charge < -0.3 is 14.5 Å². The highest BCUT2D eigenvalue weighted by Gasteiger charge is 2.23. The number of carbonyl (C=O) groups is 1. The minimum Gasteiger partial charge on any atom is -0.492 e. The number of halogens is 1. The fourth-order valence-corrected chi connectivity index (χ4v) is 3.68. The van der Waals surface area contributed by atoms with Crippen LogP contribution < -0.4 is 15.2 Å². The first kappa shape index (κ1) is 20.9. The van der Waals surface area contributed by atoms with Crippen molar-refractivity contribution in [2.75, 3.05) is 37.7 Å². The third-order valence-corrected chi connectivity index (χ3v) is 5.38. The zero-order valence-electron chi connectivity index (χ0n) is 17.0. The lowest BCUT2D eigenvalue weighted by Gasteiger charge is -2.36. The van der Waals surface area contributed by atoms with E-state index >= 15 is 0 Å². The van der Waals surface area contributed by atoms with Crippen LogP contribution >= 0.6 is 11.6 Å². The molecule has 0 aliphatic carbocycles. The van der Waals surface area contributed by atoms with E-state index in [1.54, 1.807) is 4.90 Å². The van der Waals surface area contributed by atoms with E-state index in [4.69, 9.17) is 16.3 Å². The number of hydrogen-bond acceptors (Lipinski definition) is 5. The van der Waals surface area contributed by atoms with Crippen LogP contribution in [0.3, 0.4) is 0 Å². The molecule has 2 aromatic carbocycles. The molecule has 7 nitrogen and oxygen atoms in total. The lowest BCUT2D eigenvalue weighted by atomic mass is 10.2. The van der Waals surface area contributed by atoms with Crippen molar-refractivity contribution in [1.29, 1.82) is 0 Å². The second kappa shape index (κ2) is 9.66. The molecule has 4 rings (SSSR count). The van der Waals surface area contributed by atoms with E-state index in [0.717, 1.165) is 11.4 Å². The van der Waals surface area contributed by atoms with E-state index in [1.165, 1.54) is 16.8 Å². The number of piperazine rings is 1. The minimum atomic E-state index is -0.265. The van der Waals surface area contributed by atoms with Crippen molar-refractivity contribution in [3.63, 3.8) is 0 Å². The molecule has 1 aliphatic rings. The van der Waals surface area contributed by atoms with Gasteiger partial charge in [0.1, 0.15) is 18.1 Å². The van der Waals surface area contributed by atoms with Gasteiger partial charge in [0.05, 0.1) is 6.54 Å². The van der Waals surface area contributed by atoms with Crippen molar-refractivity contribution in [3.05, 3.63) is 87.8 Å². The Labute approximate surface area is 185 Å². The number of nitrogens with zero attached hydrogens (tertiary/aromatic N) is 4. The van der Waals surface area contributed by atoms with Crippen LogP contribution in [0, 0.1) is 0 Å². The van der Waals surface area contributed by atoms with Crippen molar-refractivity contribution in [3.8, 4) is 5.75 Å². The maximum absolute atomic E-state index is 12.9. The SMILES string of the molecule is O=C(c1ccc(=O)n(CCOc2ccccc2)n1)N1CCN(c2cccc(Cl)c2)CC1. The molecule has 0 bridgehead atoms. The molecule has 0 N–H and O–H groups in total. The quantitative estimate of drug-likeness (QED) is 0.592. The van der Waals surface area contributed by atoms with Gasteiger partial charge in [-0.3, -0.25) is 9.59 Å². The molecule has 0 atom stereocenters. The molecule has 0 unspecified atom stereocenters. The minimum absolute atomic E-state index is 0.177. The normalized spacial score (nSPS) is 13.8. The van der Waals surface area contributed by atoms with Crippen LogP contribution in [-0.2, 0) is 6.54 Å². The van der Waals surface area contributed by atoms with Crippen LogP contribution in [0.15, 0.2) is 71.5 Å². The van der Waals surface area contributed by atoms with E-state index in [1.807, 2.05) is 54.6 Å². The predicted octanol–water partition coefficient (Wildman–Crippen LogP) is 2.94. The molecule has 1 aliphatic heterocycles. The summed E-state index contributed by atoms with van der Waals surface area (Å²) in [6.45, 7) is 3.10. The Morgan fingerprint density at radius 2 is 1.74 bits per heavy atom. The number of hydrogen-bond donors (Lipinski definition) is 0. The molecule has 160 valence electrons. The second-order valence-corrected chi connectivity index (χ2v) is 7.64.